The van der Waals surface area contributed by atoms with Crippen LogP contribution < -0.4 is 5.32 Å². The molecule has 0 aliphatic carbocycles. The van der Waals surface area contributed by atoms with Gasteiger partial charge in [0.15, 0.2) is 5.69 Å². The van der Waals surface area contributed by atoms with Gasteiger partial charge in [0.05, 0.1) is 29.8 Å². The van der Waals surface area contributed by atoms with Crippen LogP contribution >= 0.6 is 0 Å². The molecule has 7 heteroatoms. The lowest BCUT2D eigenvalue weighted by Crippen LogP contribution is -2.27. The standard InChI is InChI=1S/C15H14N6O/c1-11(13-9-16-7-8-17-13)19-15(22)14-10-18-21(20-14)12-5-3-2-4-6-12/h2-11H,1H3,(H,19,22)/t11-/m1/s1. The number of para-hydroxylation sites is 1. The SMILES string of the molecule is C[C@@H](NC(=O)c1cnn(-c2ccccc2)n1)c1cnccn1. The molecule has 0 bridgehead atoms. The summed E-state index contributed by atoms with van der Waals surface area (Å²) < 4.78 is 0. The molecule has 7 nitrogen and oxygen atoms in total. The molecular formula is C15H14N6O. The van der Waals surface area contributed by atoms with Crippen molar-refractivity contribution in [3.8, 4) is 5.69 Å². The van der Waals surface area contributed by atoms with E-state index in [-0.39, 0.29) is 17.6 Å². The van der Waals surface area contributed by atoms with Crippen LogP contribution in [0.25, 0.3) is 5.69 Å². The fraction of sp³-hybridized carbons (Fsp3) is 0.133. The Morgan fingerprint density at radius 2 is 2.00 bits per heavy atom. The van der Waals surface area contributed by atoms with Crippen LogP contribution in [0, 0.1) is 0 Å². The molecule has 2 aromatic heterocycles. The van der Waals surface area contributed by atoms with Gasteiger partial charge in [-0.3, -0.25) is 14.8 Å². The van der Waals surface area contributed by atoms with Crippen LogP contribution in [0.15, 0.2) is 55.1 Å². The number of nitrogens with zero attached hydrogens (tertiary/aromatic N) is 5. The van der Waals surface area contributed by atoms with Gasteiger partial charge in [0, 0.05) is 12.4 Å². The van der Waals surface area contributed by atoms with Crippen molar-refractivity contribution in [1.82, 2.24) is 30.3 Å². The van der Waals surface area contributed by atoms with Crippen LogP contribution in [0.2, 0.25) is 0 Å². The Bertz CT molecular complexity index is 756. The van der Waals surface area contributed by atoms with Crippen molar-refractivity contribution in [3.05, 3.63) is 66.5 Å². The third kappa shape index (κ3) is 2.98. The summed E-state index contributed by atoms with van der Waals surface area (Å²) in [5, 5.41) is 11.1. The zero-order valence-electron chi connectivity index (χ0n) is 11.9. The maximum absolute atomic E-state index is 12.2. The van der Waals surface area contributed by atoms with Gasteiger partial charge in [-0.1, -0.05) is 18.2 Å². The first-order valence-corrected chi connectivity index (χ1v) is 6.78. The molecule has 2 heterocycles. The number of benzene rings is 1. The molecular weight excluding hydrogens is 280 g/mol. The number of rotatable bonds is 4. The first-order valence-electron chi connectivity index (χ1n) is 6.78. The summed E-state index contributed by atoms with van der Waals surface area (Å²) in [6, 6.07) is 9.14. The van der Waals surface area contributed by atoms with Gasteiger partial charge in [0.2, 0.25) is 0 Å². The molecule has 0 aliphatic heterocycles. The lowest BCUT2D eigenvalue weighted by molar-refractivity contribution is 0.0933. The highest BCUT2D eigenvalue weighted by Crippen LogP contribution is 2.08. The molecule has 3 aromatic rings. The largest absolute Gasteiger partial charge is 0.342 e. The molecule has 3 rings (SSSR count). The molecule has 0 fully saturated rings. The summed E-state index contributed by atoms with van der Waals surface area (Å²) in [7, 11) is 0. The van der Waals surface area contributed by atoms with Crippen molar-refractivity contribution in [2.45, 2.75) is 13.0 Å². The highest BCUT2D eigenvalue weighted by atomic mass is 16.2. The molecule has 22 heavy (non-hydrogen) atoms. The predicted molar refractivity (Wildman–Crippen MR) is 79.3 cm³/mol. The summed E-state index contributed by atoms with van der Waals surface area (Å²) in [5.41, 5.74) is 1.73. The minimum Gasteiger partial charge on any atom is -0.342 e. The minimum atomic E-state index is -0.305. The zero-order valence-corrected chi connectivity index (χ0v) is 11.9. The van der Waals surface area contributed by atoms with Gasteiger partial charge in [0.25, 0.3) is 5.91 Å². The van der Waals surface area contributed by atoms with Crippen LogP contribution in [0.4, 0.5) is 0 Å². The molecule has 1 amide bonds. The predicted octanol–water partition coefficient (Wildman–Crippen LogP) is 1.55. The molecule has 0 saturated heterocycles. The monoisotopic (exact) mass is 294 g/mol. The fourth-order valence-corrected chi connectivity index (χ4v) is 1.93. The molecule has 1 N–H and O–H groups in total. The van der Waals surface area contributed by atoms with E-state index in [1.165, 1.54) is 11.0 Å². The van der Waals surface area contributed by atoms with E-state index in [1.54, 1.807) is 18.6 Å². The van der Waals surface area contributed by atoms with Gasteiger partial charge in [-0.05, 0) is 19.1 Å². The summed E-state index contributed by atoms with van der Waals surface area (Å²) in [6.07, 6.45) is 6.23. The Morgan fingerprint density at radius 1 is 1.18 bits per heavy atom. The van der Waals surface area contributed by atoms with Crippen molar-refractivity contribution in [1.29, 1.82) is 0 Å². The van der Waals surface area contributed by atoms with Gasteiger partial charge in [-0.25, -0.2) is 0 Å². The van der Waals surface area contributed by atoms with Crippen molar-refractivity contribution >= 4 is 5.91 Å². The van der Waals surface area contributed by atoms with Gasteiger partial charge in [-0.2, -0.15) is 9.90 Å². The molecule has 1 atom stereocenters. The maximum Gasteiger partial charge on any atom is 0.274 e. The second-order valence-corrected chi connectivity index (χ2v) is 4.68. The number of hydrogen-bond acceptors (Lipinski definition) is 5. The van der Waals surface area contributed by atoms with Gasteiger partial charge in [-0.15, -0.1) is 5.10 Å². The summed E-state index contributed by atoms with van der Waals surface area (Å²) in [4.78, 5) is 21.8. The Balaban J connectivity index is 1.72. The average molecular weight is 294 g/mol. The number of carbonyl (C=O) groups is 1. The van der Waals surface area contributed by atoms with E-state index in [0.717, 1.165) is 5.69 Å². The lowest BCUT2D eigenvalue weighted by Gasteiger charge is -2.11. The summed E-state index contributed by atoms with van der Waals surface area (Å²) >= 11 is 0. The highest BCUT2D eigenvalue weighted by Gasteiger charge is 2.15. The van der Waals surface area contributed by atoms with Gasteiger partial charge >= 0.3 is 0 Å². The van der Waals surface area contributed by atoms with E-state index in [1.807, 2.05) is 37.3 Å². The highest BCUT2D eigenvalue weighted by molar-refractivity contribution is 5.92. The topological polar surface area (TPSA) is 85.6 Å². The van der Waals surface area contributed by atoms with Gasteiger partial charge < -0.3 is 5.32 Å². The molecule has 0 unspecified atom stereocenters. The average Bonchev–Trinajstić information content (AvgIpc) is 3.06. The zero-order chi connectivity index (χ0) is 15.4. The Hall–Kier alpha value is -3.09. The molecule has 110 valence electrons. The normalized spacial score (nSPS) is 11.9. The Kier molecular flexibility index (Phi) is 3.86. The van der Waals surface area contributed by atoms with E-state index in [2.05, 4.69) is 25.5 Å². The van der Waals surface area contributed by atoms with Crippen molar-refractivity contribution < 1.29 is 4.79 Å². The summed E-state index contributed by atoms with van der Waals surface area (Å²) in [5.74, 6) is -0.305. The Labute approximate surface area is 127 Å². The third-order valence-electron chi connectivity index (χ3n) is 3.09. The first kappa shape index (κ1) is 13.9. The van der Waals surface area contributed by atoms with Crippen molar-refractivity contribution in [2.75, 3.05) is 0 Å². The number of aromatic nitrogens is 5. The Morgan fingerprint density at radius 3 is 2.73 bits per heavy atom. The number of hydrogen-bond donors (Lipinski definition) is 1. The summed E-state index contributed by atoms with van der Waals surface area (Å²) in [6.45, 7) is 1.84. The van der Waals surface area contributed by atoms with Crippen LogP contribution in [0.5, 0.6) is 0 Å². The lowest BCUT2D eigenvalue weighted by atomic mass is 10.2. The number of carbonyl (C=O) groups excluding carboxylic acids is 1. The number of amides is 1. The molecule has 1 aromatic carbocycles. The number of nitrogens with one attached hydrogen (secondary N) is 1. The van der Waals surface area contributed by atoms with Crippen LogP contribution in [-0.2, 0) is 0 Å². The van der Waals surface area contributed by atoms with E-state index < -0.39 is 0 Å². The second-order valence-electron chi connectivity index (χ2n) is 4.68. The molecule has 0 aliphatic rings. The van der Waals surface area contributed by atoms with E-state index in [9.17, 15) is 4.79 Å². The molecule has 0 radical (unpaired) electrons. The maximum atomic E-state index is 12.2. The minimum absolute atomic E-state index is 0.250. The third-order valence-corrected chi connectivity index (χ3v) is 3.09. The van der Waals surface area contributed by atoms with Crippen LogP contribution in [0.3, 0.4) is 0 Å². The van der Waals surface area contributed by atoms with E-state index in [0.29, 0.717) is 5.69 Å². The fourth-order valence-electron chi connectivity index (χ4n) is 1.93. The smallest absolute Gasteiger partial charge is 0.274 e. The van der Waals surface area contributed by atoms with E-state index >= 15 is 0 Å². The first-order chi connectivity index (χ1) is 10.7. The second kappa shape index (κ2) is 6.13. The quantitative estimate of drug-likeness (QED) is 0.789. The van der Waals surface area contributed by atoms with Crippen LogP contribution in [0.1, 0.15) is 29.1 Å². The van der Waals surface area contributed by atoms with Gasteiger partial charge in [0.1, 0.15) is 0 Å². The van der Waals surface area contributed by atoms with Crippen molar-refractivity contribution in [3.63, 3.8) is 0 Å². The van der Waals surface area contributed by atoms with E-state index in [4.69, 9.17) is 0 Å². The van der Waals surface area contributed by atoms with Crippen LogP contribution in [-0.4, -0.2) is 30.9 Å². The van der Waals surface area contributed by atoms with Crippen molar-refractivity contribution in [2.24, 2.45) is 0 Å². The molecule has 0 spiro atoms. The molecule has 0 saturated carbocycles.